The monoisotopic (exact) mass is 403 g/mol. The maximum absolute atomic E-state index is 12.1. The largest absolute Gasteiger partial charge is 0.269 e. The van der Waals surface area contributed by atoms with Gasteiger partial charge in [-0.3, -0.25) is 4.72 Å². The topological polar surface area (TPSA) is 46.2 Å². The molecule has 0 aliphatic heterocycles. The molecule has 98 valence electrons. The fraction of sp³-hybridized carbons (Fsp3) is 0. The Morgan fingerprint density at radius 1 is 1.00 bits per heavy atom. The Bertz CT molecular complexity index is 682. The third kappa shape index (κ3) is 3.74. The van der Waals surface area contributed by atoms with Gasteiger partial charge in [-0.2, -0.15) is 0 Å². The molecule has 0 radical (unpaired) electrons. The summed E-state index contributed by atoms with van der Waals surface area (Å²) in [6, 6.07) is 15.6. The first-order valence-electron chi connectivity index (χ1n) is 5.37. The SMILES string of the molecule is O=S(=O)(NC(=S)c1ccccc1)c1ccc(I)cc1. The fourth-order valence-electron chi connectivity index (χ4n) is 1.44. The van der Waals surface area contributed by atoms with Crippen molar-refractivity contribution >= 4 is 49.8 Å². The van der Waals surface area contributed by atoms with E-state index < -0.39 is 10.0 Å². The lowest BCUT2D eigenvalue weighted by Gasteiger charge is -2.09. The zero-order chi connectivity index (χ0) is 13.9. The molecule has 0 aliphatic rings. The fourth-order valence-corrected chi connectivity index (χ4v) is 3.24. The minimum absolute atomic E-state index is 0.194. The molecule has 0 bridgehead atoms. The molecule has 0 aromatic heterocycles. The Hall–Kier alpha value is -0.990. The van der Waals surface area contributed by atoms with Crippen LogP contribution in [0, 0.1) is 3.57 Å². The maximum atomic E-state index is 12.1. The molecule has 3 nitrogen and oxygen atoms in total. The van der Waals surface area contributed by atoms with Crippen molar-refractivity contribution in [1.29, 1.82) is 0 Å². The highest BCUT2D eigenvalue weighted by atomic mass is 127. The number of sulfonamides is 1. The summed E-state index contributed by atoms with van der Waals surface area (Å²) in [5.41, 5.74) is 0.673. The van der Waals surface area contributed by atoms with Crippen LogP contribution in [0.5, 0.6) is 0 Å². The average Bonchev–Trinajstić information content (AvgIpc) is 2.40. The average molecular weight is 403 g/mol. The number of nitrogens with one attached hydrogen (secondary N) is 1. The van der Waals surface area contributed by atoms with Crippen molar-refractivity contribution in [1.82, 2.24) is 4.72 Å². The minimum Gasteiger partial charge on any atom is -0.269 e. The molecule has 1 N–H and O–H groups in total. The van der Waals surface area contributed by atoms with Crippen molar-refractivity contribution in [2.24, 2.45) is 0 Å². The lowest BCUT2D eigenvalue weighted by atomic mass is 10.2. The van der Waals surface area contributed by atoms with Gasteiger partial charge < -0.3 is 0 Å². The quantitative estimate of drug-likeness (QED) is 0.633. The molecule has 2 rings (SSSR count). The highest BCUT2D eigenvalue weighted by Gasteiger charge is 2.15. The van der Waals surface area contributed by atoms with Crippen molar-refractivity contribution in [2.75, 3.05) is 0 Å². The van der Waals surface area contributed by atoms with Gasteiger partial charge in [0.2, 0.25) is 0 Å². The van der Waals surface area contributed by atoms with E-state index >= 15 is 0 Å². The van der Waals surface area contributed by atoms with E-state index in [0.717, 1.165) is 3.57 Å². The van der Waals surface area contributed by atoms with Crippen LogP contribution in [0.2, 0.25) is 0 Å². The van der Waals surface area contributed by atoms with Crippen LogP contribution in [0.1, 0.15) is 5.56 Å². The van der Waals surface area contributed by atoms with Crippen LogP contribution in [0.3, 0.4) is 0 Å². The molecule has 0 aliphatic carbocycles. The van der Waals surface area contributed by atoms with E-state index in [4.69, 9.17) is 12.2 Å². The van der Waals surface area contributed by atoms with Gasteiger partial charge in [0.25, 0.3) is 10.0 Å². The predicted molar refractivity (Wildman–Crippen MR) is 87.6 cm³/mol. The normalized spacial score (nSPS) is 11.0. The molecular formula is C13H10INO2S2. The molecule has 0 saturated heterocycles. The number of rotatable bonds is 3. The maximum Gasteiger partial charge on any atom is 0.262 e. The third-order valence-corrected chi connectivity index (χ3v) is 4.94. The summed E-state index contributed by atoms with van der Waals surface area (Å²) in [5, 5.41) is 0. The summed E-state index contributed by atoms with van der Waals surface area (Å²) in [6.45, 7) is 0. The van der Waals surface area contributed by atoms with Crippen molar-refractivity contribution in [3.05, 3.63) is 63.7 Å². The molecule has 2 aromatic carbocycles. The predicted octanol–water partition coefficient (Wildman–Crippen LogP) is 2.95. The summed E-state index contributed by atoms with van der Waals surface area (Å²) in [6.07, 6.45) is 0. The first-order valence-corrected chi connectivity index (χ1v) is 8.34. The van der Waals surface area contributed by atoms with Crippen molar-refractivity contribution < 1.29 is 8.42 Å². The van der Waals surface area contributed by atoms with Crippen LogP contribution < -0.4 is 4.72 Å². The molecule has 0 heterocycles. The highest BCUT2D eigenvalue weighted by Crippen LogP contribution is 2.12. The van der Waals surface area contributed by atoms with E-state index in [0.29, 0.717) is 5.56 Å². The van der Waals surface area contributed by atoms with Crippen molar-refractivity contribution in [2.45, 2.75) is 4.90 Å². The van der Waals surface area contributed by atoms with E-state index in [-0.39, 0.29) is 9.88 Å². The Morgan fingerprint density at radius 2 is 1.58 bits per heavy atom. The van der Waals surface area contributed by atoms with Gasteiger partial charge >= 0.3 is 0 Å². The van der Waals surface area contributed by atoms with E-state index in [1.54, 1.807) is 48.5 Å². The van der Waals surface area contributed by atoms with Crippen LogP contribution in [0.4, 0.5) is 0 Å². The smallest absolute Gasteiger partial charge is 0.262 e. The third-order valence-electron chi connectivity index (χ3n) is 2.39. The van der Waals surface area contributed by atoms with E-state index in [1.165, 1.54) is 0 Å². The zero-order valence-corrected chi connectivity index (χ0v) is 13.5. The molecule has 0 spiro atoms. The lowest BCUT2D eigenvalue weighted by Crippen LogP contribution is -2.29. The molecule has 0 atom stereocenters. The van der Waals surface area contributed by atoms with Crippen LogP contribution in [0.15, 0.2) is 59.5 Å². The summed E-state index contributed by atoms with van der Waals surface area (Å²) < 4.78 is 27.6. The standard InChI is InChI=1S/C13H10INO2S2/c14-11-6-8-12(9-7-11)19(16,17)15-13(18)10-4-2-1-3-5-10/h1-9H,(H,15,18). The molecule has 0 amide bonds. The minimum atomic E-state index is -3.62. The van der Waals surface area contributed by atoms with E-state index in [1.807, 2.05) is 6.07 Å². The summed E-state index contributed by atoms with van der Waals surface area (Å²) in [7, 11) is -3.62. The molecule has 0 saturated carbocycles. The Balaban J connectivity index is 2.23. The van der Waals surface area contributed by atoms with E-state index in [9.17, 15) is 8.42 Å². The molecular weight excluding hydrogens is 393 g/mol. The van der Waals surface area contributed by atoms with Crippen molar-refractivity contribution in [3.63, 3.8) is 0 Å². The summed E-state index contributed by atoms with van der Waals surface area (Å²) in [4.78, 5) is 0.394. The Kier molecular flexibility index (Phi) is 4.54. The van der Waals surface area contributed by atoms with Gasteiger partial charge in [0.15, 0.2) is 0 Å². The van der Waals surface area contributed by atoms with Gasteiger partial charge in [0.1, 0.15) is 4.99 Å². The Morgan fingerprint density at radius 3 is 2.16 bits per heavy atom. The second-order valence-corrected chi connectivity index (χ2v) is 7.09. The number of benzene rings is 2. The van der Waals surface area contributed by atoms with E-state index in [2.05, 4.69) is 27.3 Å². The second kappa shape index (κ2) is 5.98. The summed E-state index contributed by atoms with van der Waals surface area (Å²) in [5.74, 6) is 0. The highest BCUT2D eigenvalue weighted by molar-refractivity contribution is 14.1. The Labute approximate surface area is 131 Å². The van der Waals surface area contributed by atoms with Gasteiger partial charge in [-0.15, -0.1) is 0 Å². The molecule has 0 unspecified atom stereocenters. The first kappa shape index (κ1) is 14.4. The van der Waals surface area contributed by atoms with Crippen LogP contribution in [0.25, 0.3) is 0 Å². The number of thiocarbonyl (C=S) groups is 1. The lowest BCUT2D eigenvalue weighted by molar-refractivity contribution is 0.593. The molecule has 0 fully saturated rings. The summed E-state index contributed by atoms with van der Waals surface area (Å²) >= 11 is 7.22. The number of halogens is 1. The van der Waals surface area contributed by atoms with Gasteiger partial charge in [0, 0.05) is 9.13 Å². The number of hydrogen-bond donors (Lipinski definition) is 1. The van der Waals surface area contributed by atoms with Crippen LogP contribution in [-0.2, 0) is 10.0 Å². The number of hydrogen-bond acceptors (Lipinski definition) is 3. The van der Waals surface area contributed by atoms with Crippen LogP contribution in [-0.4, -0.2) is 13.4 Å². The molecule has 6 heteroatoms. The van der Waals surface area contributed by atoms with Gasteiger partial charge in [-0.1, -0.05) is 42.5 Å². The van der Waals surface area contributed by atoms with Gasteiger partial charge in [0.05, 0.1) is 4.90 Å². The van der Waals surface area contributed by atoms with Gasteiger partial charge in [-0.05, 0) is 46.9 Å². The van der Waals surface area contributed by atoms with Crippen molar-refractivity contribution in [3.8, 4) is 0 Å². The first-order chi connectivity index (χ1) is 8.99. The van der Waals surface area contributed by atoms with Crippen LogP contribution >= 0.6 is 34.8 Å². The zero-order valence-electron chi connectivity index (χ0n) is 9.71. The van der Waals surface area contributed by atoms with Gasteiger partial charge in [-0.25, -0.2) is 8.42 Å². The molecule has 19 heavy (non-hydrogen) atoms. The second-order valence-electron chi connectivity index (χ2n) is 3.75. The molecule has 2 aromatic rings.